The average molecular weight is 414 g/mol. The predicted molar refractivity (Wildman–Crippen MR) is 113 cm³/mol. The van der Waals surface area contributed by atoms with E-state index in [0.29, 0.717) is 10.4 Å². The second kappa shape index (κ2) is 7.99. The Kier molecular flexibility index (Phi) is 5.84. The van der Waals surface area contributed by atoms with Crippen molar-refractivity contribution in [3.8, 4) is 0 Å². The van der Waals surface area contributed by atoms with Gasteiger partial charge in [-0.1, -0.05) is 63.2 Å². The molecule has 4 nitrogen and oxygen atoms in total. The predicted octanol–water partition coefficient (Wildman–Crippen LogP) is 4.76. The SMILES string of the molecule is CC(C)(C)c1ccc(S(=O)(=O)NCc2ccc(C(=O)c3ccccc3)s2)cc1. The van der Waals surface area contributed by atoms with E-state index in [4.69, 9.17) is 0 Å². The van der Waals surface area contributed by atoms with Gasteiger partial charge in [-0.15, -0.1) is 11.3 Å². The van der Waals surface area contributed by atoms with Crippen LogP contribution in [0.15, 0.2) is 71.6 Å². The smallest absolute Gasteiger partial charge is 0.240 e. The summed E-state index contributed by atoms with van der Waals surface area (Å²) in [5.74, 6) is -0.0579. The third kappa shape index (κ3) is 4.76. The van der Waals surface area contributed by atoms with E-state index in [0.717, 1.165) is 10.4 Å². The van der Waals surface area contributed by atoms with Gasteiger partial charge in [0.25, 0.3) is 0 Å². The van der Waals surface area contributed by atoms with Gasteiger partial charge < -0.3 is 0 Å². The molecular formula is C22H23NO3S2. The molecule has 0 unspecified atom stereocenters. The van der Waals surface area contributed by atoms with Gasteiger partial charge in [0.15, 0.2) is 0 Å². The summed E-state index contributed by atoms with van der Waals surface area (Å²) in [5.41, 5.74) is 1.66. The van der Waals surface area contributed by atoms with Crippen LogP contribution >= 0.6 is 11.3 Å². The number of thiophene rings is 1. The van der Waals surface area contributed by atoms with Crippen molar-refractivity contribution in [2.24, 2.45) is 0 Å². The summed E-state index contributed by atoms with van der Waals surface area (Å²) in [6, 6.07) is 19.5. The van der Waals surface area contributed by atoms with Crippen LogP contribution in [-0.4, -0.2) is 14.2 Å². The highest BCUT2D eigenvalue weighted by molar-refractivity contribution is 7.89. The quantitative estimate of drug-likeness (QED) is 0.593. The summed E-state index contributed by atoms with van der Waals surface area (Å²) in [7, 11) is -3.61. The molecule has 0 radical (unpaired) electrons. The molecule has 6 heteroatoms. The topological polar surface area (TPSA) is 63.2 Å². The van der Waals surface area contributed by atoms with Crippen molar-refractivity contribution in [2.75, 3.05) is 0 Å². The molecule has 0 aliphatic heterocycles. The largest absolute Gasteiger partial charge is 0.288 e. The molecule has 146 valence electrons. The van der Waals surface area contributed by atoms with Crippen molar-refractivity contribution < 1.29 is 13.2 Å². The fourth-order valence-electron chi connectivity index (χ4n) is 2.71. The van der Waals surface area contributed by atoms with Crippen LogP contribution in [0, 0.1) is 0 Å². The molecule has 0 atom stereocenters. The molecule has 1 aromatic heterocycles. The van der Waals surface area contributed by atoms with Gasteiger partial charge in [0.2, 0.25) is 15.8 Å². The number of hydrogen-bond donors (Lipinski definition) is 1. The van der Waals surface area contributed by atoms with Crippen molar-refractivity contribution in [1.29, 1.82) is 0 Å². The van der Waals surface area contributed by atoms with Gasteiger partial charge >= 0.3 is 0 Å². The number of nitrogens with one attached hydrogen (secondary N) is 1. The van der Waals surface area contributed by atoms with Gasteiger partial charge in [-0.2, -0.15) is 0 Å². The van der Waals surface area contributed by atoms with Gasteiger partial charge in [0.05, 0.1) is 9.77 Å². The molecular weight excluding hydrogens is 390 g/mol. The molecule has 2 aromatic carbocycles. The van der Waals surface area contributed by atoms with E-state index < -0.39 is 10.0 Å². The molecule has 3 aromatic rings. The molecule has 0 amide bonds. The summed E-state index contributed by atoms with van der Waals surface area (Å²) in [6.45, 7) is 6.40. The highest BCUT2D eigenvalue weighted by atomic mass is 32.2. The minimum atomic E-state index is -3.61. The van der Waals surface area contributed by atoms with Crippen LogP contribution in [0.3, 0.4) is 0 Å². The van der Waals surface area contributed by atoms with E-state index in [1.807, 2.05) is 30.3 Å². The first-order valence-electron chi connectivity index (χ1n) is 8.95. The Morgan fingerprint density at radius 3 is 2.18 bits per heavy atom. The van der Waals surface area contributed by atoms with Crippen LogP contribution in [0.25, 0.3) is 0 Å². The minimum Gasteiger partial charge on any atom is -0.288 e. The number of ketones is 1. The number of sulfonamides is 1. The van der Waals surface area contributed by atoms with Crippen LogP contribution in [-0.2, 0) is 22.0 Å². The molecule has 0 bridgehead atoms. The van der Waals surface area contributed by atoms with Crippen molar-refractivity contribution in [3.63, 3.8) is 0 Å². The molecule has 1 heterocycles. The van der Waals surface area contributed by atoms with Crippen LogP contribution in [0.1, 0.15) is 46.4 Å². The Morgan fingerprint density at radius 2 is 1.57 bits per heavy atom. The monoisotopic (exact) mass is 413 g/mol. The first-order chi connectivity index (χ1) is 13.2. The van der Waals surface area contributed by atoms with Crippen molar-refractivity contribution >= 4 is 27.1 Å². The first kappa shape index (κ1) is 20.5. The molecule has 0 saturated heterocycles. The molecule has 0 fully saturated rings. The molecule has 1 N–H and O–H groups in total. The average Bonchev–Trinajstić information content (AvgIpc) is 3.15. The zero-order valence-electron chi connectivity index (χ0n) is 16.1. The van der Waals surface area contributed by atoms with Crippen molar-refractivity contribution in [1.82, 2.24) is 4.72 Å². The second-order valence-corrected chi connectivity index (χ2v) is 10.5. The van der Waals surface area contributed by atoms with E-state index >= 15 is 0 Å². The Hall–Kier alpha value is -2.28. The third-order valence-electron chi connectivity index (χ3n) is 4.39. The lowest BCUT2D eigenvalue weighted by Gasteiger charge is -2.19. The number of carbonyl (C=O) groups is 1. The van der Waals surface area contributed by atoms with Gasteiger partial charge in [-0.25, -0.2) is 13.1 Å². The first-order valence-corrected chi connectivity index (χ1v) is 11.3. The lowest BCUT2D eigenvalue weighted by atomic mass is 9.87. The zero-order valence-corrected chi connectivity index (χ0v) is 17.7. The molecule has 0 aliphatic carbocycles. The van der Waals surface area contributed by atoms with Crippen molar-refractivity contribution in [3.05, 3.63) is 87.6 Å². The Balaban J connectivity index is 1.68. The van der Waals surface area contributed by atoms with E-state index in [9.17, 15) is 13.2 Å². The number of benzene rings is 2. The number of carbonyl (C=O) groups excluding carboxylic acids is 1. The number of hydrogen-bond acceptors (Lipinski definition) is 4. The lowest BCUT2D eigenvalue weighted by Crippen LogP contribution is -2.23. The maximum Gasteiger partial charge on any atom is 0.240 e. The maximum atomic E-state index is 12.6. The van der Waals surface area contributed by atoms with Crippen LogP contribution in [0.4, 0.5) is 0 Å². The van der Waals surface area contributed by atoms with Gasteiger partial charge in [0.1, 0.15) is 0 Å². The van der Waals surface area contributed by atoms with Gasteiger partial charge in [0, 0.05) is 17.0 Å². The third-order valence-corrected chi connectivity index (χ3v) is 6.89. The Morgan fingerprint density at radius 1 is 0.929 bits per heavy atom. The fraction of sp³-hybridized carbons (Fsp3) is 0.227. The van der Waals surface area contributed by atoms with E-state index in [2.05, 4.69) is 25.5 Å². The summed E-state index contributed by atoms with van der Waals surface area (Å²) in [4.78, 5) is 14.1. The summed E-state index contributed by atoms with van der Waals surface area (Å²) >= 11 is 1.30. The van der Waals surface area contributed by atoms with Crippen LogP contribution < -0.4 is 4.72 Å². The van der Waals surface area contributed by atoms with Crippen molar-refractivity contribution in [2.45, 2.75) is 37.6 Å². The summed E-state index contributed by atoms with van der Waals surface area (Å²) < 4.78 is 27.7. The Labute approximate surface area is 170 Å². The summed E-state index contributed by atoms with van der Waals surface area (Å²) in [6.07, 6.45) is 0. The van der Waals surface area contributed by atoms with Gasteiger partial charge in [-0.05, 0) is 35.2 Å². The molecule has 3 rings (SSSR count). The van der Waals surface area contributed by atoms with E-state index in [-0.39, 0.29) is 22.6 Å². The number of rotatable bonds is 6. The second-order valence-electron chi connectivity index (χ2n) is 7.56. The van der Waals surface area contributed by atoms with E-state index in [1.54, 1.807) is 36.4 Å². The standard InChI is InChI=1S/C22H23NO3S2/c1-22(2,3)17-9-12-19(13-10-17)28(25,26)23-15-18-11-14-20(27-18)21(24)16-7-5-4-6-8-16/h4-14,23H,15H2,1-3H3. The highest BCUT2D eigenvalue weighted by Gasteiger charge is 2.18. The lowest BCUT2D eigenvalue weighted by molar-refractivity contribution is 0.104. The maximum absolute atomic E-state index is 12.6. The normalized spacial score (nSPS) is 12.1. The molecule has 0 spiro atoms. The van der Waals surface area contributed by atoms with E-state index in [1.165, 1.54) is 11.3 Å². The Bertz CT molecular complexity index is 1060. The highest BCUT2D eigenvalue weighted by Crippen LogP contribution is 2.24. The van der Waals surface area contributed by atoms with Gasteiger partial charge in [-0.3, -0.25) is 4.79 Å². The fourth-order valence-corrected chi connectivity index (χ4v) is 4.72. The minimum absolute atomic E-state index is 0.0334. The molecule has 0 saturated carbocycles. The zero-order chi connectivity index (χ0) is 20.4. The van der Waals surface area contributed by atoms with Crippen LogP contribution in [0.5, 0.6) is 0 Å². The molecule has 0 aliphatic rings. The van der Waals surface area contributed by atoms with Crippen LogP contribution in [0.2, 0.25) is 0 Å². The summed E-state index contributed by atoms with van der Waals surface area (Å²) in [5, 5.41) is 0. The molecule has 28 heavy (non-hydrogen) atoms.